The zero-order chi connectivity index (χ0) is 81.1. The molecule has 4 fully saturated rings. The van der Waals surface area contributed by atoms with Gasteiger partial charge in [0.2, 0.25) is 23.6 Å². The maximum Gasteiger partial charge on any atom is 0.407 e. The average molecular weight is 1560 g/mol. The molecule has 0 spiro atoms. The van der Waals surface area contributed by atoms with Gasteiger partial charge in [0.1, 0.15) is 47.5 Å². The number of likely N-dealkylation sites (tertiary alicyclic amines) is 4. The molecule has 10 heterocycles. The molecule has 6 aromatic heterocycles. The summed E-state index contributed by atoms with van der Waals surface area (Å²) >= 11 is 0. The van der Waals surface area contributed by atoms with Crippen LogP contribution in [0.3, 0.4) is 0 Å². The summed E-state index contributed by atoms with van der Waals surface area (Å²) < 4.78 is 19.0. The van der Waals surface area contributed by atoms with Crippen molar-refractivity contribution in [2.75, 3.05) is 54.6 Å². The lowest BCUT2D eigenvalue weighted by Gasteiger charge is -2.30. The minimum atomic E-state index is -0.737. The van der Waals surface area contributed by atoms with Crippen molar-refractivity contribution in [3.63, 3.8) is 0 Å². The minimum Gasteiger partial charge on any atom is -0.453 e. The van der Waals surface area contributed by atoms with Crippen LogP contribution in [0.1, 0.15) is 154 Å². The van der Waals surface area contributed by atoms with Crippen LogP contribution in [0.4, 0.5) is 19.2 Å². The Hall–Kier alpha value is -12.4. The van der Waals surface area contributed by atoms with Crippen LogP contribution in [0.15, 0.2) is 107 Å². The molecule has 0 bridgehead atoms. The second-order valence-corrected chi connectivity index (χ2v) is 30.9. The van der Waals surface area contributed by atoms with Crippen LogP contribution in [0.5, 0.6) is 0 Å². The molecule has 4 aliphatic heterocycles. The Labute approximate surface area is 656 Å². The first-order valence-electron chi connectivity index (χ1n) is 38.8. The highest BCUT2D eigenvalue weighted by molar-refractivity contribution is 5.98. The van der Waals surface area contributed by atoms with Crippen LogP contribution in [0, 0.1) is 23.7 Å². The van der Waals surface area contributed by atoms with Gasteiger partial charge in [-0.05, 0) is 124 Å². The number of fused-ring (bicyclic) bond motifs is 4. The van der Waals surface area contributed by atoms with Gasteiger partial charge in [-0.25, -0.2) is 39.1 Å². The maximum absolute atomic E-state index is 14.1. The molecule has 4 aliphatic rings. The molecule has 0 unspecified atom stereocenters. The van der Waals surface area contributed by atoms with Gasteiger partial charge in [-0.1, -0.05) is 79.7 Å². The second kappa shape index (κ2) is 33.9. The van der Waals surface area contributed by atoms with E-state index in [2.05, 4.69) is 71.1 Å². The molecule has 32 heteroatoms. The standard InChI is InChI=1S/2C41H49N9O7/c1-21(2)33(47-40(54)56-5)38(52)49-15-7-9-31(49)36-42-19-29(45-36)23-11-13-27-25(17-23)35(51)26-18-24(12-14-28(26)44-27)30-20-43-37(46-30)32-10-8-16-50(32)39(53)34(22(3)4)48-41(55)57-6;1-21(2)33(47-40(54)56-5)38(52)49-15-7-9-31(49)36-42-19-29(45-36)23-11-13-25-27(17-23)44-28-18-24(12-14-26(28)35(25)51)30-20-43-37(46-30)32-10-8-16-50(32)39(53)34(22(3)4)48-41(55)57-6/h2*11-14,17-22,31-34H,7-10,15-16H2,1-6H3,(H,42,45)(H,43,46)(H,44,51)(H,47,54)(H,48,55)/t2*31-,32-,33-,34-/m00/s1. The Morgan fingerprint density at radius 3 is 0.851 bits per heavy atom. The fraction of sp³-hybridized carbons (Fsp3) is 0.439. The Morgan fingerprint density at radius 2 is 0.588 bits per heavy atom. The lowest BCUT2D eigenvalue weighted by Crippen LogP contribution is -2.51. The van der Waals surface area contributed by atoms with E-state index >= 15 is 0 Å². The maximum atomic E-state index is 14.1. The van der Waals surface area contributed by atoms with Crippen molar-refractivity contribution >= 4 is 91.6 Å². The van der Waals surface area contributed by atoms with Crippen LogP contribution >= 0.6 is 0 Å². The summed E-state index contributed by atoms with van der Waals surface area (Å²) in [5.41, 5.74) is 8.46. The zero-order valence-electron chi connectivity index (χ0n) is 65.9. The summed E-state index contributed by atoms with van der Waals surface area (Å²) in [7, 11) is 5.09. The lowest BCUT2D eigenvalue weighted by molar-refractivity contribution is -0.136. The summed E-state index contributed by atoms with van der Waals surface area (Å²) in [4.78, 5) is 177. The fourth-order valence-corrected chi connectivity index (χ4v) is 16.0. The third-order valence-electron chi connectivity index (χ3n) is 22.2. The van der Waals surface area contributed by atoms with Crippen LogP contribution in [0.2, 0.25) is 0 Å². The van der Waals surface area contributed by atoms with Crippen LogP contribution in [-0.4, -0.2) is 196 Å². The van der Waals surface area contributed by atoms with E-state index in [1.54, 1.807) is 56.5 Å². The van der Waals surface area contributed by atoms with E-state index in [-0.39, 0.29) is 82.3 Å². The molecule has 0 aliphatic carbocycles. The highest BCUT2D eigenvalue weighted by Crippen LogP contribution is 2.39. The highest BCUT2D eigenvalue weighted by atomic mass is 16.5. The number of imidazole rings is 4. The number of carbonyl (C=O) groups excluding carboxylic acids is 8. The molecule has 8 atom stereocenters. The number of carbonyl (C=O) groups is 8. The number of amides is 8. The van der Waals surface area contributed by atoms with E-state index in [9.17, 15) is 47.9 Å². The summed E-state index contributed by atoms with van der Waals surface area (Å²) in [5, 5.41) is 12.8. The molecule has 0 saturated carbocycles. The molecule has 10 N–H and O–H groups in total. The normalized spacial score (nSPS) is 18.0. The van der Waals surface area contributed by atoms with Crippen LogP contribution in [0.25, 0.3) is 88.6 Å². The molecule has 4 aromatic carbocycles. The third-order valence-corrected chi connectivity index (χ3v) is 22.2. The van der Waals surface area contributed by atoms with Gasteiger partial charge in [0, 0.05) is 81.0 Å². The summed E-state index contributed by atoms with van der Waals surface area (Å²) in [6.07, 6.45) is 10.4. The molecule has 8 amide bonds. The quantitative estimate of drug-likeness (QED) is 0.0250. The van der Waals surface area contributed by atoms with E-state index in [0.29, 0.717) is 104 Å². The van der Waals surface area contributed by atoms with E-state index in [1.807, 2.05) is 116 Å². The summed E-state index contributed by atoms with van der Waals surface area (Å²) in [6.45, 7) is 17.2. The summed E-state index contributed by atoms with van der Waals surface area (Å²) in [6, 6.07) is 18.3. The topological polar surface area (TPSA) is 415 Å². The number of pyridine rings is 2. The number of alkyl carbamates (subject to hydrolysis) is 4. The predicted molar refractivity (Wildman–Crippen MR) is 426 cm³/mol. The monoisotopic (exact) mass is 1560 g/mol. The number of methoxy groups -OCH3 is 4. The number of hydrogen-bond donors (Lipinski definition) is 10. The Balaban J connectivity index is 0.000000199. The summed E-state index contributed by atoms with van der Waals surface area (Å²) in [5.74, 6) is 1.24. The molecule has 32 nitrogen and oxygen atoms in total. The van der Waals surface area contributed by atoms with Gasteiger partial charge in [0.05, 0.1) is 111 Å². The van der Waals surface area contributed by atoms with Crippen molar-refractivity contribution in [1.29, 1.82) is 0 Å². The first-order valence-corrected chi connectivity index (χ1v) is 38.8. The van der Waals surface area contributed by atoms with Crippen molar-refractivity contribution in [3.05, 3.63) is 141 Å². The molecule has 4 saturated heterocycles. The fourth-order valence-electron chi connectivity index (χ4n) is 16.0. The van der Waals surface area contributed by atoms with Gasteiger partial charge in [-0.2, -0.15) is 0 Å². The number of hydrogen-bond acceptors (Lipinski definition) is 18. The molecule has 600 valence electrons. The van der Waals surface area contributed by atoms with Crippen molar-refractivity contribution in [3.8, 4) is 45.0 Å². The molecular weight excluding hydrogens is 1460 g/mol. The van der Waals surface area contributed by atoms with Gasteiger partial charge < -0.3 is 89.7 Å². The zero-order valence-corrected chi connectivity index (χ0v) is 65.9. The van der Waals surface area contributed by atoms with Gasteiger partial charge >= 0.3 is 24.4 Å². The van der Waals surface area contributed by atoms with Crippen molar-refractivity contribution in [2.24, 2.45) is 23.7 Å². The molecular formula is C82H98N18O14. The van der Waals surface area contributed by atoms with Gasteiger partial charge in [0.25, 0.3) is 0 Å². The van der Waals surface area contributed by atoms with Crippen molar-refractivity contribution < 1.29 is 57.3 Å². The first kappa shape index (κ1) is 79.7. The third kappa shape index (κ3) is 16.3. The van der Waals surface area contributed by atoms with Crippen LogP contribution < -0.4 is 32.1 Å². The van der Waals surface area contributed by atoms with E-state index in [1.165, 1.54) is 28.4 Å². The molecule has 10 aromatic rings. The van der Waals surface area contributed by atoms with Crippen molar-refractivity contribution in [2.45, 2.75) is 155 Å². The highest BCUT2D eigenvalue weighted by Gasteiger charge is 2.42. The van der Waals surface area contributed by atoms with E-state index in [4.69, 9.17) is 18.9 Å². The number of H-pyrrole nitrogens is 6. The largest absolute Gasteiger partial charge is 0.453 e. The number of nitrogens with zero attached hydrogens (tertiary/aromatic N) is 8. The van der Waals surface area contributed by atoms with Gasteiger partial charge in [-0.3, -0.25) is 28.8 Å². The SMILES string of the molecule is COC(=O)N[C@H](C(=O)N1CCC[C@H]1c1ncc(-c2ccc3[nH]c4ccc(-c5cnc([C@@H]6CCCN6C(=O)[C@@H](NC(=O)OC)C(C)C)[nH]5)cc4c(=O)c3c2)[nH]1)C(C)C.COC(=O)N[C@H](C(=O)N1CCC[C@H]1c1ncc(-c2ccc3c(=O)c4ccc(-c5cnc([C@@H]6CCCN6C(=O)[C@@H](NC(=O)OC)C(C)C)[nH]5)cc4[nH]c3c2)[nH]1)C(C)C. The lowest BCUT2D eigenvalue weighted by atomic mass is 10.0. The van der Waals surface area contributed by atoms with Gasteiger partial charge in [-0.15, -0.1) is 0 Å². The predicted octanol–water partition coefficient (Wildman–Crippen LogP) is 11.1. The second-order valence-electron chi connectivity index (χ2n) is 30.9. The number of benzene rings is 4. The average Bonchev–Trinajstić information content (AvgIpc) is 1.12. The van der Waals surface area contributed by atoms with Gasteiger partial charge in [0.15, 0.2) is 10.9 Å². The Bertz CT molecular complexity index is 5100. The number of aromatic amines is 6. The van der Waals surface area contributed by atoms with E-state index in [0.717, 1.165) is 85.0 Å². The molecule has 0 radical (unpaired) electrons. The first-order chi connectivity index (χ1) is 54.7. The number of nitrogens with one attached hydrogen (secondary N) is 10. The number of aromatic nitrogens is 10. The Morgan fingerprint density at radius 1 is 0.342 bits per heavy atom. The van der Waals surface area contributed by atoms with E-state index < -0.39 is 48.5 Å². The molecule has 114 heavy (non-hydrogen) atoms. The van der Waals surface area contributed by atoms with Crippen molar-refractivity contribution in [1.82, 2.24) is 90.7 Å². The number of ether oxygens (including phenoxy) is 4. The minimum absolute atomic E-state index is 0.104. The smallest absolute Gasteiger partial charge is 0.407 e. The number of rotatable bonds is 20. The van der Waals surface area contributed by atoms with Crippen LogP contribution in [-0.2, 0) is 38.1 Å². The molecule has 14 rings (SSSR count). The Kier molecular flexibility index (Phi) is 23.7.